The van der Waals surface area contributed by atoms with E-state index in [1.807, 2.05) is 92.7 Å². The average Bonchev–Trinajstić information content (AvgIpc) is 2.76. The van der Waals surface area contributed by atoms with Gasteiger partial charge in [0, 0.05) is 23.3 Å². The molecule has 4 rings (SSSR count). The molecule has 0 aliphatic rings. The number of aryl methyl sites for hydroxylation is 2. The number of hydrogen-bond acceptors (Lipinski definition) is 2. The zero-order valence-electron chi connectivity index (χ0n) is 17.7. The molecule has 0 saturated carbocycles. The van der Waals surface area contributed by atoms with Gasteiger partial charge in [-0.1, -0.05) is 59.7 Å². The number of aromatic amines is 1. The minimum absolute atomic E-state index is 0.183. The number of H-pyrrole nitrogens is 1. The standard InChI is InChI=1S/C26H25N3O2/c1-18-8-11-20(12-9-18)16-29(26(31)27-23-6-4-3-5-7-23)17-22-15-21-14-19(2)10-13-24(21)28-25(22)30/h3-15H,16-17H2,1-2H3,(H,27,31)(H,28,30). The fraction of sp³-hybridized carbons (Fsp3) is 0.154. The molecule has 4 aromatic rings. The quantitative estimate of drug-likeness (QED) is 0.463. The van der Waals surface area contributed by atoms with Gasteiger partial charge < -0.3 is 15.2 Å². The molecule has 156 valence electrons. The van der Waals surface area contributed by atoms with E-state index in [1.165, 1.54) is 0 Å². The highest BCUT2D eigenvalue weighted by molar-refractivity contribution is 5.89. The highest BCUT2D eigenvalue weighted by Gasteiger charge is 2.17. The summed E-state index contributed by atoms with van der Waals surface area (Å²) in [4.78, 5) is 30.4. The summed E-state index contributed by atoms with van der Waals surface area (Å²) in [5, 5.41) is 3.89. The van der Waals surface area contributed by atoms with Crippen LogP contribution < -0.4 is 10.9 Å². The van der Waals surface area contributed by atoms with Crippen LogP contribution >= 0.6 is 0 Å². The molecular weight excluding hydrogens is 386 g/mol. The van der Waals surface area contributed by atoms with Crippen molar-refractivity contribution < 1.29 is 4.79 Å². The van der Waals surface area contributed by atoms with Crippen LogP contribution in [0.5, 0.6) is 0 Å². The normalized spacial score (nSPS) is 10.8. The molecule has 31 heavy (non-hydrogen) atoms. The summed E-state index contributed by atoms with van der Waals surface area (Å²) in [6, 6.07) is 24.9. The van der Waals surface area contributed by atoms with Gasteiger partial charge in [0.1, 0.15) is 0 Å². The Bertz CT molecular complexity index is 1260. The van der Waals surface area contributed by atoms with Gasteiger partial charge in [-0.25, -0.2) is 4.79 Å². The van der Waals surface area contributed by atoms with E-state index < -0.39 is 0 Å². The molecule has 0 radical (unpaired) electrons. The molecule has 0 aliphatic heterocycles. The summed E-state index contributed by atoms with van der Waals surface area (Å²) >= 11 is 0. The van der Waals surface area contributed by atoms with Crippen molar-refractivity contribution in [3.63, 3.8) is 0 Å². The van der Waals surface area contributed by atoms with Gasteiger partial charge >= 0.3 is 6.03 Å². The van der Waals surface area contributed by atoms with Crippen molar-refractivity contribution in [2.45, 2.75) is 26.9 Å². The number of nitrogens with one attached hydrogen (secondary N) is 2. The molecule has 5 nitrogen and oxygen atoms in total. The van der Waals surface area contributed by atoms with Crippen LogP contribution in [-0.4, -0.2) is 15.9 Å². The van der Waals surface area contributed by atoms with Crippen LogP contribution in [0, 0.1) is 13.8 Å². The molecule has 0 fully saturated rings. The van der Waals surface area contributed by atoms with Crippen molar-refractivity contribution in [3.05, 3.63) is 111 Å². The Morgan fingerprint density at radius 2 is 1.58 bits per heavy atom. The zero-order chi connectivity index (χ0) is 21.8. The number of amides is 2. The van der Waals surface area contributed by atoms with Crippen LogP contribution in [0.4, 0.5) is 10.5 Å². The molecule has 2 N–H and O–H groups in total. The van der Waals surface area contributed by atoms with Crippen molar-refractivity contribution in [1.29, 1.82) is 0 Å². The zero-order valence-corrected chi connectivity index (χ0v) is 17.7. The maximum absolute atomic E-state index is 13.1. The molecule has 5 heteroatoms. The molecule has 3 aromatic carbocycles. The molecule has 0 bridgehead atoms. The van der Waals surface area contributed by atoms with E-state index in [0.29, 0.717) is 17.8 Å². The Morgan fingerprint density at radius 3 is 2.32 bits per heavy atom. The largest absolute Gasteiger partial charge is 0.322 e. The van der Waals surface area contributed by atoms with Crippen LogP contribution in [0.15, 0.2) is 83.7 Å². The van der Waals surface area contributed by atoms with Gasteiger partial charge in [0.15, 0.2) is 0 Å². The third-order valence-corrected chi connectivity index (χ3v) is 5.24. The van der Waals surface area contributed by atoms with E-state index in [0.717, 1.165) is 27.6 Å². The molecule has 0 aliphatic carbocycles. The SMILES string of the molecule is Cc1ccc(CN(Cc2cc3cc(C)ccc3[nH]c2=O)C(=O)Nc2ccccc2)cc1. The highest BCUT2D eigenvalue weighted by Crippen LogP contribution is 2.17. The third-order valence-electron chi connectivity index (χ3n) is 5.24. The smallest absolute Gasteiger partial charge is 0.322 e. The van der Waals surface area contributed by atoms with E-state index in [2.05, 4.69) is 10.3 Å². The number of carbonyl (C=O) groups is 1. The topological polar surface area (TPSA) is 65.2 Å². The summed E-state index contributed by atoms with van der Waals surface area (Å²) in [5.74, 6) is 0. The number of urea groups is 1. The third kappa shape index (κ3) is 5.01. The van der Waals surface area contributed by atoms with E-state index in [4.69, 9.17) is 0 Å². The highest BCUT2D eigenvalue weighted by atomic mass is 16.2. The van der Waals surface area contributed by atoms with Gasteiger partial charge in [-0.15, -0.1) is 0 Å². The summed E-state index contributed by atoms with van der Waals surface area (Å²) in [5.41, 5.74) is 5.14. The maximum Gasteiger partial charge on any atom is 0.322 e. The van der Waals surface area contributed by atoms with E-state index in [1.54, 1.807) is 4.90 Å². The minimum atomic E-state index is -0.254. The van der Waals surface area contributed by atoms with Crippen LogP contribution in [0.3, 0.4) is 0 Å². The summed E-state index contributed by atoms with van der Waals surface area (Å²) in [6.07, 6.45) is 0. The lowest BCUT2D eigenvalue weighted by Gasteiger charge is -2.23. The second kappa shape index (κ2) is 8.88. The van der Waals surface area contributed by atoms with Crippen molar-refractivity contribution in [2.75, 3.05) is 5.32 Å². The number of para-hydroxylation sites is 1. The van der Waals surface area contributed by atoms with E-state index >= 15 is 0 Å². The summed E-state index contributed by atoms with van der Waals surface area (Å²) in [7, 11) is 0. The molecule has 0 saturated heterocycles. The summed E-state index contributed by atoms with van der Waals surface area (Å²) in [6.45, 7) is 4.64. The molecule has 0 unspecified atom stereocenters. The Balaban J connectivity index is 1.65. The molecule has 1 aromatic heterocycles. The second-order valence-electron chi connectivity index (χ2n) is 7.85. The number of hydrogen-bond donors (Lipinski definition) is 2. The van der Waals surface area contributed by atoms with Crippen molar-refractivity contribution in [2.24, 2.45) is 0 Å². The van der Waals surface area contributed by atoms with E-state index in [9.17, 15) is 9.59 Å². The van der Waals surface area contributed by atoms with Crippen LogP contribution in [0.1, 0.15) is 22.3 Å². The monoisotopic (exact) mass is 411 g/mol. The van der Waals surface area contributed by atoms with Gasteiger partial charge in [-0.05, 0) is 55.1 Å². The van der Waals surface area contributed by atoms with Gasteiger partial charge in [-0.2, -0.15) is 0 Å². The van der Waals surface area contributed by atoms with Crippen LogP contribution in [-0.2, 0) is 13.1 Å². The Labute approximate surface area is 181 Å². The number of benzene rings is 3. The average molecular weight is 412 g/mol. The molecule has 2 amide bonds. The number of rotatable bonds is 5. The van der Waals surface area contributed by atoms with E-state index in [-0.39, 0.29) is 18.1 Å². The molecule has 0 spiro atoms. The van der Waals surface area contributed by atoms with Crippen molar-refractivity contribution in [1.82, 2.24) is 9.88 Å². The van der Waals surface area contributed by atoms with Crippen LogP contribution in [0.25, 0.3) is 10.9 Å². The lowest BCUT2D eigenvalue weighted by molar-refractivity contribution is 0.206. The Hall–Kier alpha value is -3.86. The Kier molecular flexibility index (Phi) is 5.85. The first-order valence-electron chi connectivity index (χ1n) is 10.3. The number of pyridine rings is 1. The number of fused-ring (bicyclic) bond motifs is 1. The number of anilines is 1. The maximum atomic E-state index is 13.1. The second-order valence-corrected chi connectivity index (χ2v) is 7.85. The predicted octanol–water partition coefficient (Wildman–Crippen LogP) is 5.38. The minimum Gasteiger partial charge on any atom is -0.322 e. The fourth-order valence-electron chi connectivity index (χ4n) is 3.53. The van der Waals surface area contributed by atoms with Gasteiger partial charge in [-0.3, -0.25) is 4.79 Å². The molecular formula is C26H25N3O2. The first-order chi connectivity index (χ1) is 15.0. The lowest BCUT2D eigenvalue weighted by atomic mass is 10.1. The first-order valence-corrected chi connectivity index (χ1v) is 10.3. The van der Waals surface area contributed by atoms with Gasteiger partial charge in [0.25, 0.3) is 5.56 Å². The first kappa shape index (κ1) is 20.4. The molecule has 1 heterocycles. The molecule has 0 atom stereocenters. The van der Waals surface area contributed by atoms with Gasteiger partial charge in [0.05, 0.1) is 6.54 Å². The lowest BCUT2D eigenvalue weighted by Crippen LogP contribution is -2.35. The van der Waals surface area contributed by atoms with Gasteiger partial charge in [0.2, 0.25) is 0 Å². The Morgan fingerprint density at radius 1 is 0.871 bits per heavy atom. The number of aromatic nitrogens is 1. The number of nitrogens with zero attached hydrogens (tertiary/aromatic N) is 1. The summed E-state index contributed by atoms with van der Waals surface area (Å²) < 4.78 is 0. The van der Waals surface area contributed by atoms with Crippen molar-refractivity contribution >= 4 is 22.6 Å². The fourth-order valence-corrected chi connectivity index (χ4v) is 3.53. The predicted molar refractivity (Wildman–Crippen MR) is 125 cm³/mol. The van der Waals surface area contributed by atoms with Crippen molar-refractivity contribution in [3.8, 4) is 0 Å². The number of carbonyl (C=O) groups excluding carboxylic acids is 1. The van der Waals surface area contributed by atoms with Crippen LogP contribution in [0.2, 0.25) is 0 Å².